The van der Waals surface area contributed by atoms with E-state index >= 15 is 0 Å². The molecule has 1 amide bonds. The zero-order valence-corrected chi connectivity index (χ0v) is 12.3. The van der Waals surface area contributed by atoms with Crippen LogP contribution in [0.25, 0.3) is 0 Å². The van der Waals surface area contributed by atoms with Crippen LogP contribution in [0.2, 0.25) is 0 Å². The van der Waals surface area contributed by atoms with Crippen molar-refractivity contribution in [2.45, 2.75) is 13.0 Å². The first-order valence-electron chi connectivity index (χ1n) is 6.67. The molecule has 1 N–H and O–H groups in total. The molecule has 0 fully saturated rings. The highest BCUT2D eigenvalue weighted by Crippen LogP contribution is 2.27. The Bertz CT molecular complexity index is 674. The van der Waals surface area contributed by atoms with Gasteiger partial charge in [-0.05, 0) is 31.2 Å². The summed E-state index contributed by atoms with van der Waals surface area (Å²) in [6.07, 6.45) is 1.55. The van der Waals surface area contributed by atoms with Crippen molar-refractivity contribution in [1.29, 1.82) is 5.26 Å². The highest BCUT2D eigenvalue weighted by Gasteiger charge is 2.13. The fourth-order valence-electron chi connectivity index (χ4n) is 1.89. The highest BCUT2D eigenvalue weighted by atomic mass is 16.5. The molecule has 0 spiro atoms. The van der Waals surface area contributed by atoms with Gasteiger partial charge < -0.3 is 19.2 Å². The van der Waals surface area contributed by atoms with E-state index in [0.717, 1.165) is 0 Å². The molecule has 2 rings (SSSR count). The van der Waals surface area contributed by atoms with Crippen LogP contribution < -0.4 is 14.8 Å². The Hall–Kier alpha value is -2.94. The van der Waals surface area contributed by atoms with Crippen molar-refractivity contribution in [3.8, 4) is 17.6 Å². The smallest absolute Gasteiger partial charge is 0.258 e. The van der Waals surface area contributed by atoms with Crippen LogP contribution in [0.5, 0.6) is 11.5 Å². The summed E-state index contributed by atoms with van der Waals surface area (Å²) >= 11 is 0. The minimum Gasteiger partial charge on any atom is -0.493 e. The molecule has 0 radical (unpaired) electrons. The molecule has 1 aromatic heterocycles. The number of ether oxygens (including phenoxy) is 2. The van der Waals surface area contributed by atoms with Gasteiger partial charge in [0, 0.05) is 6.07 Å². The number of nitrogens with zero attached hydrogens (tertiary/aromatic N) is 1. The lowest BCUT2D eigenvalue weighted by atomic mass is 10.2. The number of benzene rings is 1. The van der Waals surface area contributed by atoms with Crippen LogP contribution in [0.1, 0.15) is 24.3 Å². The molecule has 0 unspecified atom stereocenters. The quantitative estimate of drug-likeness (QED) is 0.885. The summed E-state index contributed by atoms with van der Waals surface area (Å²) in [7, 11) is 1.47. The minimum absolute atomic E-state index is 0.159. The summed E-state index contributed by atoms with van der Waals surface area (Å²) < 4.78 is 15.8. The van der Waals surface area contributed by atoms with E-state index in [1.807, 2.05) is 13.0 Å². The standard InChI is InChI=1S/C16H16N2O4/c1-11(13-4-3-7-21-13)18-16(19)10-22-14-6-5-12(9-17)8-15(14)20-2/h3-8,11H,10H2,1-2H3,(H,18,19)/t11-/m1/s1. The van der Waals surface area contributed by atoms with E-state index in [4.69, 9.17) is 19.2 Å². The first-order chi connectivity index (χ1) is 10.6. The molecule has 0 saturated heterocycles. The third-order valence-corrected chi connectivity index (χ3v) is 3.00. The number of hydrogen-bond acceptors (Lipinski definition) is 5. The SMILES string of the molecule is COc1cc(C#N)ccc1OCC(=O)N[C@H](C)c1ccco1. The molecule has 0 aliphatic rings. The van der Waals surface area contributed by atoms with E-state index in [9.17, 15) is 4.79 Å². The summed E-state index contributed by atoms with van der Waals surface area (Å²) in [5.74, 6) is 1.20. The Morgan fingerprint density at radius 2 is 2.23 bits per heavy atom. The summed E-state index contributed by atoms with van der Waals surface area (Å²) in [6, 6.07) is 10.1. The number of hydrogen-bond donors (Lipinski definition) is 1. The predicted molar refractivity (Wildman–Crippen MR) is 78.5 cm³/mol. The number of nitriles is 1. The van der Waals surface area contributed by atoms with Gasteiger partial charge >= 0.3 is 0 Å². The first-order valence-corrected chi connectivity index (χ1v) is 6.67. The maximum Gasteiger partial charge on any atom is 0.258 e. The summed E-state index contributed by atoms with van der Waals surface area (Å²) in [5, 5.41) is 11.6. The van der Waals surface area contributed by atoms with Crippen molar-refractivity contribution in [1.82, 2.24) is 5.32 Å². The lowest BCUT2D eigenvalue weighted by Crippen LogP contribution is -2.31. The molecular weight excluding hydrogens is 284 g/mol. The molecular formula is C16H16N2O4. The van der Waals surface area contributed by atoms with Crippen LogP contribution >= 0.6 is 0 Å². The van der Waals surface area contributed by atoms with Gasteiger partial charge in [-0.15, -0.1) is 0 Å². The number of nitrogens with one attached hydrogen (secondary N) is 1. The lowest BCUT2D eigenvalue weighted by molar-refractivity contribution is -0.123. The summed E-state index contributed by atoms with van der Waals surface area (Å²) in [6.45, 7) is 1.66. The van der Waals surface area contributed by atoms with Crippen LogP contribution in [0.15, 0.2) is 41.0 Å². The van der Waals surface area contributed by atoms with Crippen LogP contribution in [-0.2, 0) is 4.79 Å². The van der Waals surface area contributed by atoms with E-state index in [-0.39, 0.29) is 18.6 Å². The normalized spacial score (nSPS) is 11.3. The minimum atomic E-state index is -0.282. The van der Waals surface area contributed by atoms with Gasteiger partial charge in [0.15, 0.2) is 18.1 Å². The second kappa shape index (κ2) is 7.18. The van der Waals surface area contributed by atoms with Crippen molar-refractivity contribution in [3.63, 3.8) is 0 Å². The maximum atomic E-state index is 11.9. The van der Waals surface area contributed by atoms with Crippen molar-refractivity contribution < 1.29 is 18.7 Å². The second-order valence-corrected chi connectivity index (χ2v) is 4.57. The molecule has 2 aromatic rings. The Morgan fingerprint density at radius 3 is 2.86 bits per heavy atom. The molecule has 1 atom stereocenters. The Balaban J connectivity index is 1.92. The number of rotatable bonds is 6. The third kappa shape index (κ3) is 3.79. The van der Waals surface area contributed by atoms with Gasteiger partial charge in [-0.3, -0.25) is 4.79 Å². The van der Waals surface area contributed by atoms with Gasteiger partial charge in [0.05, 0.1) is 31.0 Å². The zero-order valence-electron chi connectivity index (χ0n) is 12.3. The molecule has 0 aliphatic heterocycles. The molecule has 1 aromatic carbocycles. The lowest BCUT2D eigenvalue weighted by Gasteiger charge is -2.13. The largest absolute Gasteiger partial charge is 0.493 e. The van der Waals surface area contributed by atoms with Crippen molar-refractivity contribution in [2.24, 2.45) is 0 Å². The molecule has 114 valence electrons. The van der Waals surface area contributed by atoms with E-state index in [1.54, 1.807) is 36.6 Å². The number of furan rings is 1. The average Bonchev–Trinajstić information content (AvgIpc) is 3.07. The third-order valence-electron chi connectivity index (χ3n) is 3.00. The van der Waals surface area contributed by atoms with Gasteiger partial charge in [-0.1, -0.05) is 0 Å². The van der Waals surface area contributed by atoms with Crippen molar-refractivity contribution >= 4 is 5.91 Å². The number of carbonyl (C=O) groups is 1. The molecule has 6 nitrogen and oxygen atoms in total. The monoisotopic (exact) mass is 300 g/mol. The summed E-state index contributed by atoms with van der Waals surface area (Å²) in [4.78, 5) is 11.9. The molecule has 0 bridgehead atoms. The highest BCUT2D eigenvalue weighted by molar-refractivity contribution is 5.78. The molecule has 1 heterocycles. The van der Waals surface area contributed by atoms with Gasteiger partial charge in [-0.25, -0.2) is 0 Å². The average molecular weight is 300 g/mol. The molecule has 6 heteroatoms. The zero-order chi connectivity index (χ0) is 15.9. The first kappa shape index (κ1) is 15.4. The van der Waals surface area contributed by atoms with Crippen LogP contribution in [0, 0.1) is 11.3 Å². The topological polar surface area (TPSA) is 84.5 Å². The second-order valence-electron chi connectivity index (χ2n) is 4.57. The van der Waals surface area contributed by atoms with Gasteiger partial charge in [0.1, 0.15) is 5.76 Å². The van der Waals surface area contributed by atoms with Crippen molar-refractivity contribution in [2.75, 3.05) is 13.7 Å². The number of carbonyl (C=O) groups excluding carboxylic acids is 1. The summed E-state index contributed by atoms with van der Waals surface area (Å²) in [5.41, 5.74) is 0.458. The van der Waals surface area contributed by atoms with E-state index in [0.29, 0.717) is 22.8 Å². The van der Waals surface area contributed by atoms with Gasteiger partial charge in [-0.2, -0.15) is 5.26 Å². The van der Waals surface area contributed by atoms with Crippen LogP contribution in [0.3, 0.4) is 0 Å². The predicted octanol–water partition coefficient (Wildman–Crippen LogP) is 2.42. The van der Waals surface area contributed by atoms with E-state index in [2.05, 4.69) is 5.32 Å². The van der Waals surface area contributed by atoms with E-state index in [1.165, 1.54) is 7.11 Å². The fourth-order valence-corrected chi connectivity index (χ4v) is 1.89. The van der Waals surface area contributed by atoms with E-state index < -0.39 is 0 Å². The van der Waals surface area contributed by atoms with Crippen LogP contribution in [-0.4, -0.2) is 19.6 Å². The molecule has 0 aliphatic carbocycles. The van der Waals surface area contributed by atoms with Crippen molar-refractivity contribution in [3.05, 3.63) is 47.9 Å². The van der Waals surface area contributed by atoms with Gasteiger partial charge in [0.2, 0.25) is 0 Å². The molecule has 0 saturated carbocycles. The number of amides is 1. The maximum absolute atomic E-state index is 11.9. The fraction of sp³-hybridized carbons (Fsp3) is 0.250. The number of methoxy groups -OCH3 is 1. The molecule has 22 heavy (non-hydrogen) atoms. The van der Waals surface area contributed by atoms with Crippen LogP contribution in [0.4, 0.5) is 0 Å². The Kier molecular flexibility index (Phi) is 5.04. The van der Waals surface area contributed by atoms with Gasteiger partial charge in [0.25, 0.3) is 5.91 Å². The Labute approximate surface area is 128 Å². The Morgan fingerprint density at radius 1 is 1.41 bits per heavy atom.